The Morgan fingerprint density at radius 3 is 1.78 bits per heavy atom. The molecule has 3 aromatic heterocycles. The zero-order chi connectivity index (χ0) is 44.2. The van der Waals surface area contributed by atoms with Crippen LogP contribution in [0.3, 0.4) is 0 Å². The number of hydrogen-bond acceptors (Lipinski definition) is 8. The third-order valence-electron chi connectivity index (χ3n) is 11.5. The summed E-state index contributed by atoms with van der Waals surface area (Å²) in [7, 11) is 0. The van der Waals surface area contributed by atoms with Crippen molar-refractivity contribution in [1.29, 1.82) is 0 Å². The highest BCUT2D eigenvalue weighted by Gasteiger charge is 2.16. The van der Waals surface area contributed by atoms with Crippen LogP contribution in [0, 0.1) is 0 Å². The molecular weight excluding hydrogens is 811 g/mol. The molecule has 0 saturated carbocycles. The zero-order valence-corrected chi connectivity index (χ0v) is 36.1. The number of imidazole rings is 2. The molecule has 2 amide bonds. The van der Waals surface area contributed by atoms with Gasteiger partial charge in [0, 0.05) is 77.9 Å². The Morgan fingerprint density at radius 2 is 1.14 bits per heavy atom. The van der Waals surface area contributed by atoms with E-state index in [1.165, 1.54) is 25.7 Å². The van der Waals surface area contributed by atoms with Crippen LogP contribution in [0.2, 0.25) is 0 Å². The molecule has 326 valence electrons. The van der Waals surface area contributed by atoms with Crippen LogP contribution in [0.1, 0.15) is 46.4 Å². The topological polar surface area (TPSA) is 144 Å². The molecule has 2 saturated heterocycles. The van der Waals surface area contributed by atoms with Crippen molar-refractivity contribution >= 4 is 34.7 Å². The van der Waals surface area contributed by atoms with Gasteiger partial charge < -0.3 is 35.1 Å². The molecule has 0 bridgehead atoms. The third kappa shape index (κ3) is 10.9. The number of ether oxygens (including phenoxy) is 1. The molecule has 12 heteroatoms. The van der Waals surface area contributed by atoms with E-state index in [0.29, 0.717) is 16.8 Å². The summed E-state index contributed by atoms with van der Waals surface area (Å²) in [4.78, 5) is 50.5. The minimum absolute atomic E-state index is 0.139. The van der Waals surface area contributed by atoms with Crippen molar-refractivity contribution in [3.8, 4) is 45.3 Å². The fourth-order valence-electron chi connectivity index (χ4n) is 8.01. The molecule has 0 aliphatic carbocycles. The number of nitrogens with zero attached hydrogens (tertiary/aromatic N) is 5. The van der Waals surface area contributed by atoms with Crippen LogP contribution in [0.25, 0.3) is 45.3 Å². The van der Waals surface area contributed by atoms with Gasteiger partial charge in [0.05, 0.1) is 36.4 Å². The first kappa shape index (κ1) is 42.5. The van der Waals surface area contributed by atoms with Crippen molar-refractivity contribution < 1.29 is 14.3 Å². The Kier molecular flexibility index (Phi) is 13.4. The lowest BCUT2D eigenvalue weighted by Crippen LogP contribution is -2.36. The first-order valence-corrected chi connectivity index (χ1v) is 22.2. The minimum Gasteiger partial charge on any atom is -0.378 e. The van der Waals surface area contributed by atoms with E-state index < -0.39 is 0 Å². The molecule has 2 fully saturated rings. The van der Waals surface area contributed by atoms with Crippen molar-refractivity contribution in [3.63, 3.8) is 0 Å². The molecule has 0 unspecified atom stereocenters. The second-order valence-corrected chi connectivity index (χ2v) is 16.0. The van der Waals surface area contributed by atoms with Gasteiger partial charge in [-0.05, 0) is 79.1 Å². The molecule has 65 heavy (non-hydrogen) atoms. The normalized spacial score (nSPS) is 13.8. The van der Waals surface area contributed by atoms with E-state index in [4.69, 9.17) is 9.72 Å². The highest BCUT2D eigenvalue weighted by Crippen LogP contribution is 2.27. The highest BCUT2D eigenvalue weighted by atomic mass is 16.5. The van der Waals surface area contributed by atoms with Crippen molar-refractivity contribution in [1.82, 2.24) is 24.9 Å². The Bertz CT molecular complexity index is 2790. The van der Waals surface area contributed by atoms with E-state index in [0.717, 1.165) is 102 Å². The maximum absolute atomic E-state index is 12.8. The second kappa shape index (κ2) is 20.6. The number of carbonyl (C=O) groups is 2. The lowest BCUT2D eigenvalue weighted by molar-refractivity contribution is 0.101. The number of carbonyl (C=O) groups excluding carboxylic acids is 2. The summed E-state index contributed by atoms with van der Waals surface area (Å²) in [6, 6.07) is 47.0. The van der Waals surface area contributed by atoms with Gasteiger partial charge in [0.1, 0.15) is 17.5 Å². The molecular formula is C53H51N9O3. The van der Waals surface area contributed by atoms with Crippen LogP contribution in [-0.4, -0.2) is 76.1 Å². The fraction of sp³-hybridized carbons (Fsp3) is 0.189. The van der Waals surface area contributed by atoms with Gasteiger partial charge in [-0.1, -0.05) is 97.8 Å². The Hall–Kier alpha value is -7.83. The van der Waals surface area contributed by atoms with Crippen LogP contribution in [-0.2, 0) is 4.74 Å². The Morgan fingerprint density at radius 1 is 0.538 bits per heavy atom. The van der Waals surface area contributed by atoms with Gasteiger partial charge in [0.2, 0.25) is 0 Å². The minimum atomic E-state index is -0.175. The molecule has 4 N–H and O–H groups in total. The van der Waals surface area contributed by atoms with Gasteiger partial charge in [-0.3, -0.25) is 9.59 Å². The molecule has 5 heterocycles. The molecule has 2 aliphatic heterocycles. The Labute approximate surface area is 378 Å². The number of nitrogens with one attached hydrogen (secondary N) is 4. The standard InChI is InChI=1S/C27H27N5O.C26H24N4O2/c33-27(22-13-14-25(28-18-22)32-15-6-1-2-7-16-32)30-23-12-8-11-21(17-23)26-29-19-24(31-26)20-9-4-3-5-10-20;31-26(20-9-11-23(12-10-20)30-13-15-32-16-14-30)28-22-8-4-7-21(17-22)25-27-18-24(29-25)19-5-2-1-3-6-19/h3-5,8-14,17-19H,1-2,6-7,15-16H2,(H,29,31)(H,30,33);1-12,17-18H,13-16H2,(H,27,29)(H,28,31). The summed E-state index contributed by atoms with van der Waals surface area (Å²) >= 11 is 0. The van der Waals surface area contributed by atoms with Crippen molar-refractivity contribution in [2.45, 2.75) is 25.7 Å². The van der Waals surface area contributed by atoms with Crippen molar-refractivity contribution in [2.75, 3.05) is 59.8 Å². The number of benzene rings is 5. The van der Waals surface area contributed by atoms with E-state index in [2.05, 4.69) is 40.4 Å². The van der Waals surface area contributed by atoms with Crippen molar-refractivity contribution in [3.05, 3.63) is 175 Å². The van der Waals surface area contributed by atoms with Crippen molar-refractivity contribution in [2.24, 2.45) is 0 Å². The number of amides is 2. The predicted octanol–water partition coefficient (Wildman–Crippen LogP) is 10.6. The van der Waals surface area contributed by atoms with Gasteiger partial charge in [-0.2, -0.15) is 0 Å². The third-order valence-corrected chi connectivity index (χ3v) is 11.5. The summed E-state index contributed by atoms with van der Waals surface area (Å²) in [6.45, 7) is 5.28. The van der Waals surface area contributed by atoms with Gasteiger partial charge >= 0.3 is 0 Å². The first-order chi connectivity index (χ1) is 32.0. The number of H-pyrrole nitrogens is 2. The quantitative estimate of drug-likeness (QED) is 0.106. The van der Waals surface area contributed by atoms with Crippen LogP contribution in [0.4, 0.5) is 22.9 Å². The average molecular weight is 862 g/mol. The van der Waals surface area contributed by atoms with Crippen LogP contribution in [0.15, 0.2) is 164 Å². The van der Waals surface area contributed by atoms with Gasteiger partial charge in [-0.15, -0.1) is 0 Å². The van der Waals surface area contributed by atoms with Gasteiger partial charge in [0.25, 0.3) is 11.8 Å². The van der Waals surface area contributed by atoms with Crippen LogP contribution < -0.4 is 20.4 Å². The number of rotatable bonds is 10. The summed E-state index contributed by atoms with van der Waals surface area (Å²) in [5, 5.41) is 5.97. The second-order valence-electron chi connectivity index (χ2n) is 16.0. The monoisotopic (exact) mass is 861 g/mol. The Balaban J connectivity index is 0.000000164. The predicted molar refractivity (Wildman–Crippen MR) is 259 cm³/mol. The molecule has 0 radical (unpaired) electrons. The van der Waals surface area contributed by atoms with E-state index in [-0.39, 0.29) is 11.8 Å². The highest BCUT2D eigenvalue weighted by molar-refractivity contribution is 6.05. The van der Waals surface area contributed by atoms with Crippen LogP contribution >= 0.6 is 0 Å². The molecule has 12 nitrogen and oxygen atoms in total. The maximum atomic E-state index is 12.8. The van der Waals surface area contributed by atoms with E-state index in [1.807, 2.05) is 158 Å². The fourth-order valence-corrected chi connectivity index (χ4v) is 8.01. The number of aromatic nitrogens is 5. The molecule has 2 aliphatic rings. The first-order valence-electron chi connectivity index (χ1n) is 22.2. The molecule has 8 aromatic rings. The summed E-state index contributed by atoms with van der Waals surface area (Å²) in [6.07, 6.45) is 10.3. The summed E-state index contributed by atoms with van der Waals surface area (Å²) in [5.74, 6) is 2.15. The van der Waals surface area contributed by atoms with Crippen LogP contribution in [0.5, 0.6) is 0 Å². The van der Waals surface area contributed by atoms with Gasteiger partial charge in [-0.25, -0.2) is 15.0 Å². The largest absolute Gasteiger partial charge is 0.378 e. The lowest BCUT2D eigenvalue weighted by Gasteiger charge is -2.28. The maximum Gasteiger partial charge on any atom is 0.257 e. The number of morpholine rings is 1. The summed E-state index contributed by atoms with van der Waals surface area (Å²) in [5.41, 5.74) is 9.51. The lowest BCUT2D eigenvalue weighted by atomic mass is 10.1. The smallest absolute Gasteiger partial charge is 0.257 e. The SMILES string of the molecule is O=C(Nc1cccc(-c2nc(-c3ccccc3)c[nH]2)c1)c1ccc(N2CCCCCC2)nc1.O=C(Nc1cccc(-c2ncc(-c3ccccc3)[nH]2)c1)c1ccc(N2CCOCC2)cc1. The van der Waals surface area contributed by atoms with E-state index in [1.54, 1.807) is 6.20 Å². The zero-order valence-electron chi connectivity index (χ0n) is 36.1. The van der Waals surface area contributed by atoms with E-state index in [9.17, 15) is 9.59 Å². The number of hydrogen-bond donors (Lipinski definition) is 4. The van der Waals surface area contributed by atoms with E-state index >= 15 is 0 Å². The number of aromatic amines is 2. The molecule has 5 aromatic carbocycles. The molecule has 10 rings (SSSR count). The number of pyridine rings is 1. The molecule has 0 spiro atoms. The van der Waals surface area contributed by atoms with Gasteiger partial charge in [0.15, 0.2) is 0 Å². The number of anilines is 4. The average Bonchev–Trinajstić information content (AvgIpc) is 4.00. The molecule has 0 atom stereocenters. The summed E-state index contributed by atoms with van der Waals surface area (Å²) < 4.78 is 5.40.